The largest absolute Gasteiger partial charge is 0.463 e. The van der Waals surface area contributed by atoms with Crippen LogP contribution in [0.25, 0.3) is 0 Å². The number of anilines is 2. The van der Waals surface area contributed by atoms with Crippen LogP contribution in [0.4, 0.5) is 22.7 Å². The molecule has 10 heteroatoms. The maximum atomic E-state index is 13.8. The molecule has 1 aliphatic rings. The van der Waals surface area contributed by atoms with Crippen LogP contribution < -0.4 is 10.2 Å². The Bertz CT molecular complexity index is 1610. The van der Waals surface area contributed by atoms with E-state index < -0.39 is 21.9 Å². The lowest BCUT2D eigenvalue weighted by Gasteiger charge is -2.45. The molecule has 4 aromatic carbocycles. The fourth-order valence-corrected chi connectivity index (χ4v) is 5.27. The third-order valence-electron chi connectivity index (χ3n) is 7.14. The van der Waals surface area contributed by atoms with Crippen molar-refractivity contribution < 1.29 is 19.4 Å². The fourth-order valence-electron chi connectivity index (χ4n) is 5.27. The van der Waals surface area contributed by atoms with Crippen molar-refractivity contribution >= 4 is 28.7 Å². The van der Waals surface area contributed by atoms with Gasteiger partial charge in [0.05, 0.1) is 34.1 Å². The van der Waals surface area contributed by atoms with E-state index in [2.05, 4.69) is 10.2 Å². The summed E-state index contributed by atoms with van der Waals surface area (Å²) in [7, 11) is 0. The molecule has 0 radical (unpaired) electrons. The normalized spacial score (nSPS) is 16.5. The molecule has 0 spiro atoms. The number of non-ortho nitro benzene ring substituents is 2. The van der Waals surface area contributed by atoms with Crippen molar-refractivity contribution in [2.45, 2.75) is 25.4 Å². The molecule has 0 bridgehead atoms. The number of para-hydroxylation sites is 2. The van der Waals surface area contributed by atoms with Gasteiger partial charge in [0.25, 0.3) is 11.4 Å². The average Bonchev–Trinajstić information content (AvgIpc) is 3.01. The molecule has 0 aromatic heterocycles. The van der Waals surface area contributed by atoms with E-state index in [1.54, 1.807) is 31.2 Å². The minimum absolute atomic E-state index is 0.0295. The molecule has 5 rings (SSSR count). The minimum atomic E-state index is -0.715. The van der Waals surface area contributed by atoms with Gasteiger partial charge < -0.3 is 15.0 Å². The van der Waals surface area contributed by atoms with Crippen molar-refractivity contribution in [3.63, 3.8) is 0 Å². The number of benzene rings is 4. The first kappa shape index (κ1) is 28.0. The molecule has 212 valence electrons. The summed E-state index contributed by atoms with van der Waals surface area (Å²) in [5.74, 6) is -0.512. The first-order chi connectivity index (χ1) is 20.4. The van der Waals surface area contributed by atoms with Crippen molar-refractivity contribution in [1.29, 1.82) is 0 Å². The van der Waals surface area contributed by atoms with Crippen LogP contribution in [0.2, 0.25) is 0 Å². The number of carbonyl (C=O) groups excluding carboxylic acids is 1. The van der Waals surface area contributed by atoms with E-state index >= 15 is 0 Å². The van der Waals surface area contributed by atoms with Crippen molar-refractivity contribution in [3.8, 4) is 0 Å². The number of esters is 1. The molecule has 2 atom stereocenters. The van der Waals surface area contributed by atoms with Crippen molar-refractivity contribution in [3.05, 3.63) is 152 Å². The van der Waals surface area contributed by atoms with Crippen molar-refractivity contribution in [2.75, 3.05) is 16.8 Å². The van der Waals surface area contributed by atoms with Crippen LogP contribution >= 0.6 is 0 Å². The number of rotatable bonds is 9. The third-order valence-corrected chi connectivity index (χ3v) is 7.14. The zero-order valence-corrected chi connectivity index (χ0v) is 22.8. The molecule has 1 aliphatic heterocycles. The van der Waals surface area contributed by atoms with Crippen LogP contribution in [-0.2, 0) is 9.53 Å². The summed E-state index contributed by atoms with van der Waals surface area (Å²) < 4.78 is 5.58. The van der Waals surface area contributed by atoms with E-state index in [9.17, 15) is 25.0 Å². The SMILES string of the molecule is CCOC(=O)C1=C(Nc2ccccc2)C[C@@H](c2ccc([N+](=O)[O-])cc2)N(c2ccccc2)[C@@H]1c1ccc([N+](=O)[O-])cc1. The molecule has 0 saturated heterocycles. The van der Waals surface area contributed by atoms with Gasteiger partial charge in [-0.25, -0.2) is 4.79 Å². The Balaban J connectivity index is 1.77. The molecule has 0 unspecified atom stereocenters. The van der Waals surface area contributed by atoms with Gasteiger partial charge in [-0.15, -0.1) is 0 Å². The molecule has 0 amide bonds. The van der Waals surface area contributed by atoms with Gasteiger partial charge in [0.1, 0.15) is 0 Å². The summed E-state index contributed by atoms with van der Waals surface area (Å²) in [6, 6.07) is 30.4. The molecular formula is C32H28N4O6. The van der Waals surface area contributed by atoms with Crippen LogP contribution in [0.1, 0.15) is 36.6 Å². The van der Waals surface area contributed by atoms with Gasteiger partial charge in [-0.1, -0.05) is 48.5 Å². The Morgan fingerprint density at radius 2 is 1.33 bits per heavy atom. The molecule has 0 saturated carbocycles. The summed E-state index contributed by atoms with van der Waals surface area (Å²) in [5.41, 5.74) is 3.90. The predicted molar refractivity (Wildman–Crippen MR) is 159 cm³/mol. The molecule has 0 fully saturated rings. The van der Waals surface area contributed by atoms with E-state index in [-0.39, 0.29) is 24.0 Å². The lowest BCUT2D eigenvalue weighted by Crippen LogP contribution is -2.41. The highest BCUT2D eigenvalue weighted by atomic mass is 16.6. The molecular weight excluding hydrogens is 536 g/mol. The lowest BCUT2D eigenvalue weighted by atomic mass is 9.84. The van der Waals surface area contributed by atoms with Crippen LogP contribution in [0.15, 0.2) is 120 Å². The van der Waals surface area contributed by atoms with E-state index in [1.807, 2.05) is 60.7 Å². The Hall–Kier alpha value is -5.51. The maximum absolute atomic E-state index is 13.8. The molecule has 1 heterocycles. The van der Waals surface area contributed by atoms with Gasteiger partial charge in [0, 0.05) is 47.8 Å². The van der Waals surface area contributed by atoms with E-state index in [1.165, 1.54) is 24.3 Å². The van der Waals surface area contributed by atoms with Crippen LogP contribution in [0.5, 0.6) is 0 Å². The number of nitro groups is 2. The number of nitrogens with zero attached hydrogens (tertiary/aromatic N) is 3. The van der Waals surface area contributed by atoms with Crippen molar-refractivity contribution in [2.24, 2.45) is 0 Å². The Kier molecular flexibility index (Phi) is 8.24. The Morgan fingerprint density at radius 3 is 1.86 bits per heavy atom. The quantitative estimate of drug-likeness (QED) is 0.129. The first-order valence-electron chi connectivity index (χ1n) is 13.4. The van der Waals surface area contributed by atoms with Gasteiger partial charge in [-0.05, 0) is 54.4 Å². The standard InChI is InChI=1S/C32H28N4O6/c1-2-42-32(37)30-28(33-24-9-5-3-6-10-24)21-29(22-13-17-26(18-14-22)35(38)39)34(25-11-7-4-8-12-25)31(30)23-15-19-27(20-16-23)36(40)41/h3-20,29,31,33H,2,21H2,1H3/t29-,31+/m0/s1. The van der Waals surface area contributed by atoms with Crippen LogP contribution in [0, 0.1) is 20.2 Å². The zero-order chi connectivity index (χ0) is 29.6. The third kappa shape index (κ3) is 5.83. The molecule has 0 aliphatic carbocycles. The highest BCUT2D eigenvalue weighted by molar-refractivity contribution is 5.93. The van der Waals surface area contributed by atoms with E-state index in [0.717, 1.165) is 16.9 Å². The number of carbonyl (C=O) groups is 1. The topological polar surface area (TPSA) is 128 Å². The van der Waals surface area contributed by atoms with Gasteiger partial charge in [0.2, 0.25) is 0 Å². The summed E-state index contributed by atoms with van der Waals surface area (Å²) >= 11 is 0. The summed E-state index contributed by atoms with van der Waals surface area (Å²) in [6.07, 6.45) is 0.346. The molecule has 4 aromatic rings. The smallest absolute Gasteiger partial charge is 0.338 e. The van der Waals surface area contributed by atoms with Crippen LogP contribution in [0.3, 0.4) is 0 Å². The van der Waals surface area contributed by atoms with E-state index in [0.29, 0.717) is 23.3 Å². The fraction of sp³-hybridized carbons (Fsp3) is 0.156. The first-order valence-corrected chi connectivity index (χ1v) is 13.4. The minimum Gasteiger partial charge on any atom is -0.463 e. The zero-order valence-electron chi connectivity index (χ0n) is 22.8. The number of nitro benzene ring substituents is 2. The number of hydrogen-bond donors (Lipinski definition) is 1. The highest BCUT2D eigenvalue weighted by Crippen LogP contribution is 2.48. The summed E-state index contributed by atoms with van der Waals surface area (Å²) in [4.78, 5) is 37.8. The molecule has 42 heavy (non-hydrogen) atoms. The molecule has 1 N–H and O–H groups in total. The second-order valence-corrected chi connectivity index (χ2v) is 9.67. The monoisotopic (exact) mass is 564 g/mol. The summed E-state index contributed by atoms with van der Waals surface area (Å²) in [5, 5.41) is 26.3. The van der Waals surface area contributed by atoms with Crippen LogP contribution in [-0.4, -0.2) is 22.4 Å². The number of hydrogen-bond acceptors (Lipinski definition) is 8. The maximum Gasteiger partial charge on any atom is 0.338 e. The van der Waals surface area contributed by atoms with Gasteiger partial charge in [-0.3, -0.25) is 20.2 Å². The van der Waals surface area contributed by atoms with Gasteiger partial charge in [0.15, 0.2) is 0 Å². The van der Waals surface area contributed by atoms with Gasteiger partial charge >= 0.3 is 5.97 Å². The Labute approximate surface area is 242 Å². The number of ether oxygens (including phenoxy) is 1. The van der Waals surface area contributed by atoms with Crippen molar-refractivity contribution in [1.82, 2.24) is 0 Å². The average molecular weight is 565 g/mol. The van der Waals surface area contributed by atoms with Gasteiger partial charge in [-0.2, -0.15) is 0 Å². The lowest BCUT2D eigenvalue weighted by molar-refractivity contribution is -0.385. The highest BCUT2D eigenvalue weighted by Gasteiger charge is 2.42. The Morgan fingerprint density at radius 1 is 0.810 bits per heavy atom. The number of nitrogens with one attached hydrogen (secondary N) is 1. The summed E-state index contributed by atoms with van der Waals surface area (Å²) in [6.45, 7) is 1.90. The van der Waals surface area contributed by atoms with E-state index in [4.69, 9.17) is 4.74 Å². The second-order valence-electron chi connectivity index (χ2n) is 9.67. The second kappa shape index (κ2) is 12.3. The molecule has 10 nitrogen and oxygen atoms in total. The predicted octanol–water partition coefficient (Wildman–Crippen LogP) is 7.13.